The smallest absolute Gasteiger partial charge is 0.287 e. The maximum atomic E-state index is 14.2. The predicted molar refractivity (Wildman–Crippen MR) is 70.4 cm³/mol. The van der Waals surface area contributed by atoms with Gasteiger partial charge < -0.3 is 0 Å². The molecule has 0 aromatic heterocycles. The van der Waals surface area contributed by atoms with Crippen LogP contribution >= 0.6 is 0 Å². The maximum Gasteiger partial charge on any atom is 0.523 e. The summed E-state index contributed by atoms with van der Waals surface area (Å²) in [6.07, 6.45) is -2.79. The average molecular weight is 360 g/mol. The molecule has 10 heteroatoms. The van der Waals surface area contributed by atoms with Gasteiger partial charge in [-0.15, -0.1) is 0 Å². The van der Waals surface area contributed by atoms with E-state index in [1.54, 1.807) is 0 Å². The van der Waals surface area contributed by atoms with Gasteiger partial charge in [-0.05, 0) is 5.92 Å². The standard InChI is InChI=1S/C13H13F5O4S/c1-8(2)11(22-23(20,21)13(16,17)18)12(14,15)10(19)9-6-4-3-5-7-9/h3-8,11H,1-2H3. The lowest BCUT2D eigenvalue weighted by atomic mass is 9.94. The van der Waals surface area contributed by atoms with Gasteiger partial charge in [-0.25, -0.2) is 0 Å². The van der Waals surface area contributed by atoms with Crippen molar-refractivity contribution in [1.82, 2.24) is 0 Å². The van der Waals surface area contributed by atoms with Crippen LogP contribution in [0.1, 0.15) is 24.2 Å². The fraction of sp³-hybridized carbons (Fsp3) is 0.462. The summed E-state index contributed by atoms with van der Waals surface area (Å²) in [6, 6.07) is 6.07. The molecular formula is C13H13F5O4S. The van der Waals surface area contributed by atoms with Crippen molar-refractivity contribution in [2.75, 3.05) is 0 Å². The molecule has 0 aliphatic rings. The summed E-state index contributed by atoms with van der Waals surface area (Å²) in [4.78, 5) is 11.8. The number of rotatable bonds is 6. The monoisotopic (exact) mass is 360 g/mol. The Balaban J connectivity index is 3.21. The highest BCUT2D eigenvalue weighted by Crippen LogP contribution is 2.35. The zero-order valence-electron chi connectivity index (χ0n) is 12.0. The Morgan fingerprint density at radius 2 is 1.52 bits per heavy atom. The van der Waals surface area contributed by atoms with Crippen molar-refractivity contribution in [3.05, 3.63) is 35.9 Å². The summed E-state index contributed by atoms with van der Waals surface area (Å²) < 4.78 is 91.0. The molecule has 0 heterocycles. The molecule has 0 amide bonds. The van der Waals surface area contributed by atoms with Gasteiger partial charge in [0.25, 0.3) is 0 Å². The largest absolute Gasteiger partial charge is 0.523 e. The van der Waals surface area contributed by atoms with Crippen LogP contribution in [-0.4, -0.2) is 31.7 Å². The number of alkyl halides is 5. The number of carbonyl (C=O) groups excluding carboxylic acids is 1. The molecule has 0 saturated carbocycles. The second-order valence-corrected chi connectivity index (χ2v) is 6.54. The van der Waals surface area contributed by atoms with Crippen molar-refractivity contribution < 1.29 is 39.3 Å². The molecule has 23 heavy (non-hydrogen) atoms. The lowest BCUT2D eigenvalue weighted by Crippen LogP contribution is -2.48. The van der Waals surface area contributed by atoms with E-state index in [4.69, 9.17) is 0 Å². The van der Waals surface area contributed by atoms with E-state index in [1.165, 1.54) is 18.2 Å². The fourth-order valence-corrected chi connectivity index (χ4v) is 2.42. The van der Waals surface area contributed by atoms with Crippen LogP contribution in [-0.2, 0) is 14.3 Å². The van der Waals surface area contributed by atoms with Gasteiger partial charge >= 0.3 is 21.5 Å². The third kappa shape index (κ3) is 4.25. The zero-order valence-corrected chi connectivity index (χ0v) is 12.8. The topological polar surface area (TPSA) is 60.4 Å². The van der Waals surface area contributed by atoms with Gasteiger partial charge in [0.1, 0.15) is 0 Å². The van der Waals surface area contributed by atoms with Gasteiger partial charge in [-0.1, -0.05) is 44.2 Å². The minimum Gasteiger partial charge on any atom is -0.287 e. The van der Waals surface area contributed by atoms with E-state index < -0.39 is 44.9 Å². The molecule has 130 valence electrons. The van der Waals surface area contributed by atoms with Crippen LogP contribution in [0.15, 0.2) is 30.3 Å². The summed E-state index contributed by atoms with van der Waals surface area (Å²) in [7, 11) is -6.27. The Labute approximate surface area is 129 Å². The highest BCUT2D eigenvalue weighted by molar-refractivity contribution is 7.87. The fourth-order valence-electron chi connectivity index (χ4n) is 1.69. The molecule has 1 unspecified atom stereocenters. The van der Waals surface area contributed by atoms with Gasteiger partial charge in [0, 0.05) is 5.56 Å². The van der Waals surface area contributed by atoms with E-state index in [1.807, 2.05) is 0 Å². The van der Waals surface area contributed by atoms with E-state index in [-0.39, 0.29) is 0 Å². The second kappa shape index (κ2) is 6.52. The minimum atomic E-state index is -6.27. The quantitative estimate of drug-likeness (QED) is 0.338. The summed E-state index contributed by atoms with van der Waals surface area (Å²) >= 11 is 0. The van der Waals surface area contributed by atoms with E-state index in [0.29, 0.717) is 0 Å². The number of ketones is 1. The molecule has 0 aliphatic heterocycles. The molecule has 0 saturated heterocycles. The van der Waals surface area contributed by atoms with Crippen LogP contribution in [0, 0.1) is 5.92 Å². The zero-order chi connectivity index (χ0) is 18.1. The average Bonchev–Trinajstić information content (AvgIpc) is 2.43. The van der Waals surface area contributed by atoms with Crippen LogP contribution in [0.25, 0.3) is 0 Å². The van der Waals surface area contributed by atoms with Crippen molar-refractivity contribution >= 4 is 15.9 Å². The van der Waals surface area contributed by atoms with Gasteiger partial charge in [0.05, 0.1) is 0 Å². The van der Waals surface area contributed by atoms with E-state index in [0.717, 1.165) is 26.0 Å². The maximum absolute atomic E-state index is 14.2. The Hall–Kier alpha value is -1.55. The number of hydrogen-bond donors (Lipinski definition) is 0. The number of halogens is 5. The van der Waals surface area contributed by atoms with Crippen LogP contribution < -0.4 is 0 Å². The van der Waals surface area contributed by atoms with Crippen molar-refractivity contribution in [2.45, 2.75) is 31.4 Å². The summed E-state index contributed by atoms with van der Waals surface area (Å²) in [6.45, 7) is 2.03. The highest BCUT2D eigenvalue weighted by atomic mass is 32.2. The number of benzene rings is 1. The van der Waals surface area contributed by atoms with Crippen molar-refractivity contribution in [3.8, 4) is 0 Å². The first-order valence-corrected chi connectivity index (χ1v) is 7.68. The van der Waals surface area contributed by atoms with Crippen LogP contribution in [0.3, 0.4) is 0 Å². The Morgan fingerprint density at radius 1 is 1.04 bits per heavy atom. The lowest BCUT2D eigenvalue weighted by Gasteiger charge is -2.28. The van der Waals surface area contributed by atoms with E-state index in [2.05, 4.69) is 4.18 Å². The summed E-state index contributed by atoms with van der Waals surface area (Å²) in [5, 5.41) is 0. The van der Waals surface area contributed by atoms with Crippen LogP contribution in [0.2, 0.25) is 0 Å². The van der Waals surface area contributed by atoms with Crippen molar-refractivity contribution in [2.24, 2.45) is 5.92 Å². The third-order valence-corrected chi connectivity index (χ3v) is 3.84. The van der Waals surface area contributed by atoms with Crippen molar-refractivity contribution in [3.63, 3.8) is 0 Å². The third-order valence-electron chi connectivity index (χ3n) is 2.82. The summed E-state index contributed by atoms with van der Waals surface area (Å²) in [5.41, 5.74) is -6.34. The SMILES string of the molecule is CC(C)C(OS(=O)(=O)C(F)(F)F)C(F)(F)C(=O)c1ccccc1. The summed E-state index contributed by atoms with van der Waals surface area (Å²) in [5.74, 6) is -7.67. The predicted octanol–water partition coefficient (Wildman–Crippen LogP) is 3.40. The van der Waals surface area contributed by atoms with Crippen LogP contribution in [0.4, 0.5) is 22.0 Å². The number of carbonyl (C=O) groups is 1. The lowest BCUT2D eigenvalue weighted by molar-refractivity contribution is -0.0997. The molecule has 4 nitrogen and oxygen atoms in total. The molecule has 1 aromatic rings. The normalized spacial score (nSPS) is 14.8. The molecule has 0 fully saturated rings. The number of hydrogen-bond acceptors (Lipinski definition) is 4. The Morgan fingerprint density at radius 3 is 1.91 bits per heavy atom. The molecule has 1 rings (SSSR count). The Bertz CT molecular complexity index is 653. The Kier molecular flexibility index (Phi) is 5.53. The minimum absolute atomic E-state index is 0.476. The van der Waals surface area contributed by atoms with Gasteiger partial charge in [0.2, 0.25) is 5.78 Å². The van der Waals surface area contributed by atoms with Crippen LogP contribution in [0.5, 0.6) is 0 Å². The molecule has 0 radical (unpaired) electrons. The molecule has 1 aromatic carbocycles. The van der Waals surface area contributed by atoms with E-state index in [9.17, 15) is 35.2 Å². The molecule has 0 bridgehead atoms. The first-order valence-electron chi connectivity index (χ1n) is 6.28. The molecule has 0 N–H and O–H groups in total. The van der Waals surface area contributed by atoms with Crippen molar-refractivity contribution in [1.29, 1.82) is 0 Å². The molecule has 0 aliphatic carbocycles. The first kappa shape index (κ1) is 19.5. The second-order valence-electron chi connectivity index (χ2n) is 4.98. The molecule has 1 atom stereocenters. The van der Waals surface area contributed by atoms with E-state index >= 15 is 0 Å². The molecule has 0 spiro atoms. The number of Topliss-reactive ketones (excluding diaryl/α,β-unsaturated/α-hetero) is 1. The molecular weight excluding hydrogens is 347 g/mol. The first-order chi connectivity index (χ1) is 10.3. The van der Waals surface area contributed by atoms with Gasteiger partial charge in [-0.3, -0.25) is 8.98 Å². The van der Waals surface area contributed by atoms with Gasteiger partial charge in [-0.2, -0.15) is 30.4 Å². The highest BCUT2D eigenvalue weighted by Gasteiger charge is 2.56. The van der Waals surface area contributed by atoms with Gasteiger partial charge in [0.15, 0.2) is 6.10 Å².